The van der Waals surface area contributed by atoms with Gasteiger partial charge in [-0.1, -0.05) is 18.2 Å². The summed E-state index contributed by atoms with van der Waals surface area (Å²) in [5.41, 5.74) is -0.255. The number of piperidine rings is 1. The number of likely N-dealkylation sites (tertiary alicyclic amines) is 1. The number of carboxylic acids is 1. The van der Waals surface area contributed by atoms with Crippen LogP contribution in [0.1, 0.15) is 46.7 Å². The summed E-state index contributed by atoms with van der Waals surface area (Å²) >= 11 is 0. The Hall–Kier alpha value is -3.48. The fourth-order valence-electron chi connectivity index (χ4n) is 5.24. The lowest BCUT2D eigenvalue weighted by molar-refractivity contribution is 0.0692. The summed E-state index contributed by atoms with van der Waals surface area (Å²) in [6, 6.07) is 5.85. The van der Waals surface area contributed by atoms with Gasteiger partial charge in [0.2, 0.25) is 0 Å². The number of hydrogen-bond acceptors (Lipinski definition) is 8. The third-order valence-corrected chi connectivity index (χ3v) is 9.17. The highest BCUT2D eigenvalue weighted by atomic mass is 32.2. The normalized spacial score (nSPS) is 21.1. The van der Waals surface area contributed by atoms with E-state index in [0.29, 0.717) is 44.6 Å². The maximum Gasteiger partial charge on any atom is 0.428 e. The minimum atomic E-state index is -4.79. The Labute approximate surface area is 225 Å². The van der Waals surface area contributed by atoms with Crippen molar-refractivity contribution < 1.29 is 42.1 Å². The molecule has 2 aromatic rings. The number of aliphatic hydroxyl groups is 1. The first-order valence-electron chi connectivity index (χ1n) is 12.6. The number of fused-ring (bicyclic) bond motifs is 3. The topological polar surface area (TPSA) is 134 Å². The number of halogens is 1. The molecule has 2 fully saturated rings. The number of sulfonamides is 1. The summed E-state index contributed by atoms with van der Waals surface area (Å²) in [6.07, 6.45) is 3.54. The van der Waals surface area contributed by atoms with E-state index in [1.54, 1.807) is 12.1 Å². The summed E-state index contributed by atoms with van der Waals surface area (Å²) in [7, 11) is -3.80. The van der Waals surface area contributed by atoms with Crippen molar-refractivity contribution in [2.75, 3.05) is 37.7 Å². The molecule has 2 aromatic carbocycles. The fourth-order valence-corrected chi connectivity index (χ4v) is 6.78. The van der Waals surface area contributed by atoms with Crippen molar-refractivity contribution >= 4 is 33.8 Å². The van der Waals surface area contributed by atoms with Gasteiger partial charge >= 0.3 is 12.1 Å². The molecule has 0 radical (unpaired) electrons. The number of carbonyl (C=O) groups excluding carboxylic acids is 1. The molecule has 2 atom stereocenters. The van der Waals surface area contributed by atoms with Crippen molar-refractivity contribution in [2.45, 2.75) is 36.2 Å². The molecule has 1 aliphatic carbocycles. The molecule has 5 rings (SSSR count). The number of methoxy groups -OCH3 is 1. The molecular weight excluding hydrogens is 531 g/mol. The van der Waals surface area contributed by atoms with Crippen molar-refractivity contribution in [1.82, 2.24) is 4.90 Å². The van der Waals surface area contributed by atoms with Gasteiger partial charge in [-0.3, -0.25) is 4.90 Å². The third-order valence-electron chi connectivity index (χ3n) is 7.41. The Bertz CT molecular complexity index is 1440. The molecule has 2 N–H and O–H groups in total. The molecule has 3 aliphatic rings. The van der Waals surface area contributed by atoms with Crippen LogP contribution in [0.25, 0.3) is 6.08 Å². The van der Waals surface area contributed by atoms with Crippen LogP contribution in [0.4, 0.5) is 14.9 Å². The molecule has 39 heavy (non-hydrogen) atoms. The average Bonchev–Trinajstić information content (AvgIpc) is 3.69. The molecule has 0 bridgehead atoms. The first-order valence-corrected chi connectivity index (χ1v) is 14.1. The molecule has 1 amide bonds. The number of benzene rings is 2. The highest BCUT2D eigenvalue weighted by Crippen LogP contribution is 2.55. The molecule has 2 aliphatic heterocycles. The highest BCUT2D eigenvalue weighted by molar-refractivity contribution is 7.93. The first kappa shape index (κ1) is 27.1. The summed E-state index contributed by atoms with van der Waals surface area (Å²) in [5, 5.41) is 19.8. The van der Waals surface area contributed by atoms with Crippen LogP contribution in [0.5, 0.6) is 5.75 Å². The van der Waals surface area contributed by atoms with E-state index in [0.717, 1.165) is 31.7 Å². The molecule has 0 unspecified atom stereocenters. The Morgan fingerprint density at radius 1 is 1.23 bits per heavy atom. The Balaban J connectivity index is 1.55. The van der Waals surface area contributed by atoms with Gasteiger partial charge in [-0.25, -0.2) is 22.4 Å². The Morgan fingerprint density at radius 2 is 1.97 bits per heavy atom. The third kappa shape index (κ3) is 5.23. The van der Waals surface area contributed by atoms with E-state index in [2.05, 4.69) is 4.90 Å². The lowest BCUT2D eigenvalue weighted by Gasteiger charge is -2.28. The quantitative estimate of drug-likeness (QED) is 0.522. The van der Waals surface area contributed by atoms with Crippen LogP contribution in [0.2, 0.25) is 0 Å². The molecule has 1 saturated carbocycles. The van der Waals surface area contributed by atoms with Gasteiger partial charge in [0.25, 0.3) is 10.0 Å². The van der Waals surface area contributed by atoms with Gasteiger partial charge in [0.1, 0.15) is 17.1 Å². The molecule has 0 aromatic heterocycles. The van der Waals surface area contributed by atoms with E-state index in [4.69, 9.17) is 9.47 Å². The van der Waals surface area contributed by atoms with Crippen LogP contribution in [-0.2, 0) is 14.8 Å². The maximum atomic E-state index is 14.2. The molecule has 2 heterocycles. The zero-order valence-electron chi connectivity index (χ0n) is 21.2. The number of aliphatic hydroxyl groups excluding tert-OH is 1. The molecule has 10 nitrogen and oxygen atoms in total. The van der Waals surface area contributed by atoms with Crippen LogP contribution in [-0.4, -0.2) is 75.0 Å². The molecule has 0 spiro atoms. The molecular formula is C27H29FN2O8S. The van der Waals surface area contributed by atoms with Gasteiger partial charge in [-0.15, -0.1) is 0 Å². The summed E-state index contributed by atoms with van der Waals surface area (Å²) in [6.45, 7) is 2.07. The fraction of sp³-hybridized carbons (Fsp3) is 0.407. The minimum Gasteiger partial charge on any atom is -0.492 e. The average molecular weight is 561 g/mol. The van der Waals surface area contributed by atoms with E-state index < -0.39 is 44.0 Å². The van der Waals surface area contributed by atoms with Crippen LogP contribution in [0.3, 0.4) is 0 Å². The van der Waals surface area contributed by atoms with Gasteiger partial charge in [-0.05, 0) is 60.6 Å². The van der Waals surface area contributed by atoms with E-state index in [1.165, 1.54) is 12.1 Å². The Kier molecular flexibility index (Phi) is 7.36. The SMILES string of the molecule is COC(=O)N(c1ccc2c(c1C(=O)O)OC[C@@H]1C[C@H]21)S(=O)(=O)c1ccc(F)cc1C=CCN1CCC(O)CC1. The predicted octanol–water partition coefficient (Wildman–Crippen LogP) is 3.45. The predicted molar refractivity (Wildman–Crippen MR) is 139 cm³/mol. The van der Waals surface area contributed by atoms with Gasteiger partial charge in [-0.2, -0.15) is 4.31 Å². The monoisotopic (exact) mass is 560 g/mol. The summed E-state index contributed by atoms with van der Waals surface area (Å²) < 4.78 is 53.0. The Morgan fingerprint density at radius 3 is 2.67 bits per heavy atom. The standard InChI is InChI=1S/C27H29FN2O8S/c1-37-27(34)30(22-6-5-20-21-14-17(21)15-38-25(20)24(22)26(32)33)39(35,36)23-7-4-18(28)13-16(23)3-2-10-29-11-8-19(31)9-12-29/h2-7,13,17,19,21,31H,8-12,14-15H2,1H3,(H,32,33)/t17-,21-/m0/s1. The number of amides is 1. The largest absolute Gasteiger partial charge is 0.492 e. The van der Waals surface area contributed by atoms with Gasteiger partial charge in [0.05, 0.1) is 30.4 Å². The lowest BCUT2D eigenvalue weighted by Crippen LogP contribution is -2.38. The number of carboxylic acid groups (broad SMARTS) is 1. The van der Waals surface area contributed by atoms with Crippen LogP contribution < -0.4 is 9.04 Å². The minimum absolute atomic E-state index is 0.0205. The zero-order valence-corrected chi connectivity index (χ0v) is 22.1. The van der Waals surface area contributed by atoms with E-state index >= 15 is 0 Å². The molecule has 208 valence electrons. The second kappa shape index (κ2) is 10.6. The van der Waals surface area contributed by atoms with Crippen molar-refractivity contribution in [3.63, 3.8) is 0 Å². The zero-order chi connectivity index (χ0) is 27.9. The summed E-state index contributed by atoms with van der Waals surface area (Å²) in [5.74, 6) is -1.70. The van der Waals surface area contributed by atoms with Gasteiger partial charge in [0.15, 0.2) is 0 Å². The van der Waals surface area contributed by atoms with Crippen molar-refractivity contribution in [1.29, 1.82) is 0 Å². The van der Waals surface area contributed by atoms with Crippen LogP contribution in [0.15, 0.2) is 41.3 Å². The number of aromatic carboxylic acids is 1. The second-order valence-corrected chi connectivity index (χ2v) is 11.7. The smallest absolute Gasteiger partial charge is 0.428 e. The lowest BCUT2D eigenvalue weighted by atomic mass is 10.00. The van der Waals surface area contributed by atoms with E-state index in [-0.39, 0.29) is 33.6 Å². The van der Waals surface area contributed by atoms with Crippen LogP contribution >= 0.6 is 0 Å². The van der Waals surface area contributed by atoms with E-state index in [9.17, 15) is 32.6 Å². The number of nitrogens with zero attached hydrogens (tertiary/aromatic N) is 2. The number of ether oxygens (including phenoxy) is 2. The van der Waals surface area contributed by atoms with Gasteiger partial charge < -0.3 is 19.7 Å². The second-order valence-electron chi connectivity index (χ2n) is 9.95. The molecule has 12 heteroatoms. The maximum absolute atomic E-state index is 14.2. The summed E-state index contributed by atoms with van der Waals surface area (Å²) in [4.78, 5) is 27.0. The van der Waals surface area contributed by atoms with Crippen LogP contribution in [0, 0.1) is 11.7 Å². The van der Waals surface area contributed by atoms with Crippen molar-refractivity contribution in [2.24, 2.45) is 5.92 Å². The number of hydrogen-bond donors (Lipinski definition) is 2. The number of carbonyl (C=O) groups is 2. The highest BCUT2D eigenvalue weighted by Gasteiger charge is 2.47. The first-order chi connectivity index (χ1) is 18.6. The number of anilines is 1. The van der Waals surface area contributed by atoms with Gasteiger partial charge in [0, 0.05) is 25.6 Å². The van der Waals surface area contributed by atoms with Crippen molar-refractivity contribution in [3.05, 3.63) is 58.9 Å². The van der Waals surface area contributed by atoms with Crippen molar-refractivity contribution in [3.8, 4) is 5.75 Å². The molecule has 1 saturated heterocycles. The number of rotatable bonds is 7. The van der Waals surface area contributed by atoms with E-state index in [1.807, 2.05) is 0 Å².